The maximum atomic E-state index is 11.7. The van der Waals surface area contributed by atoms with E-state index in [2.05, 4.69) is 38.1 Å². The van der Waals surface area contributed by atoms with E-state index in [1.807, 2.05) is 4.90 Å². The minimum atomic E-state index is -0.194. The van der Waals surface area contributed by atoms with Crippen LogP contribution in [-0.2, 0) is 10.3 Å². The van der Waals surface area contributed by atoms with Crippen molar-refractivity contribution < 1.29 is 4.79 Å². The van der Waals surface area contributed by atoms with Crippen LogP contribution in [0.1, 0.15) is 32.3 Å². The lowest BCUT2D eigenvalue weighted by molar-refractivity contribution is -0.127. The predicted molar refractivity (Wildman–Crippen MR) is 78.6 cm³/mol. The third-order valence-corrected chi connectivity index (χ3v) is 4.71. The van der Waals surface area contributed by atoms with E-state index in [1.165, 1.54) is 10.5 Å². The fraction of sp³-hybridized carbons (Fsp3) is 0.467. The van der Waals surface area contributed by atoms with Crippen molar-refractivity contribution in [2.75, 3.05) is 13.1 Å². The normalized spacial score (nSPS) is 21.3. The van der Waals surface area contributed by atoms with Crippen LogP contribution in [0.5, 0.6) is 0 Å². The molecule has 1 aromatic rings. The molecule has 2 aliphatic heterocycles. The summed E-state index contributed by atoms with van der Waals surface area (Å²) in [5.41, 5.74) is 1.08. The maximum absolute atomic E-state index is 11.7. The van der Waals surface area contributed by atoms with Crippen LogP contribution in [0.4, 0.5) is 0 Å². The number of hydrogen-bond acceptors (Lipinski definition) is 3. The smallest absolute Gasteiger partial charge is 0.223 e. The van der Waals surface area contributed by atoms with Crippen molar-refractivity contribution in [3.05, 3.63) is 29.8 Å². The van der Waals surface area contributed by atoms with Crippen LogP contribution in [0, 0.1) is 0 Å². The number of rotatable bonds is 2. The summed E-state index contributed by atoms with van der Waals surface area (Å²) in [5.74, 6) is 0.264. The number of amides is 1. The summed E-state index contributed by atoms with van der Waals surface area (Å²) < 4.78 is 0. The van der Waals surface area contributed by atoms with Gasteiger partial charge in [-0.15, -0.1) is 0 Å². The molecule has 0 N–H and O–H groups in total. The second-order valence-corrected chi connectivity index (χ2v) is 6.70. The first-order valence-electron chi connectivity index (χ1n) is 6.70. The molecule has 0 saturated carbocycles. The third-order valence-electron chi connectivity index (χ3n) is 3.68. The number of benzene rings is 1. The number of likely N-dealkylation sites (tertiary alicyclic amines) is 1. The summed E-state index contributed by atoms with van der Waals surface area (Å²) in [7, 11) is 0. The highest BCUT2D eigenvalue weighted by molar-refractivity contribution is 8.14. The van der Waals surface area contributed by atoms with Gasteiger partial charge in [0.15, 0.2) is 0 Å². The van der Waals surface area contributed by atoms with Crippen LogP contribution < -0.4 is 0 Å². The summed E-state index contributed by atoms with van der Waals surface area (Å²) in [6.45, 7) is 5.82. The summed E-state index contributed by atoms with van der Waals surface area (Å²) in [5, 5.41) is 1.05. The molecule has 2 aliphatic rings. The Labute approximate surface area is 118 Å². The predicted octanol–water partition coefficient (Wildman–Crippen LogP) is 3.05. The number of nitrogens with zero attached hydrogens (tertiary/aromatic N) is 2. The van der Waals surface area contributed by atoms with Gasteiger partial charge in [-0.05, 0) is 31.9 Å². The van der Waals surface area contributed by atoms with E-state index in [0.29, 0.717) is 13.0 Å². The zero-order valence-corrected chi connectivity index (χ0v) is 12.2. The van der Waals surface area contributed by atoms with Crippen molar-refractivity contribution in [2.45, 2.75) is 37.1 Å². The Morgan fingerprint density at radius 2 is 2.16 bits per heavy atom. The van der Waals surface area contributed by atoms with Crippen molar-refractivity contribution in [1.29, 1.82) is 0 Å². The van der Waals surface area contributed by atoms with Crippen LogP contribution in [0.2, 0.25) is 0 Å². The summed E-state index contributed by atoms with van der Waals surface area (Å²) in [4.78, 5) is 19.7. The Kier molecular flexibility index (Phi) is 3.13. The Bertz CT molecular complexity index is 551. The standard InChI is InChI=1S/C15H18N2OS/c1-15(2)11-6-3-4-7-12(11)19-13(16-15)10-17-9-5-8-14(17)18/h3-4,6-7H,5,8-10H2,1-2H3. The first-order valence-corrected chi connectivity index (χ1v) is 7.52. The lowest BCUT2D eigenvalue weighted by Gasteiger charge is -2.30. The SMILES string of the molecule is CC1(C)N=C(CN2CCCC2=O)Sc2ccccc21. The molecule has 0 radical (unpaired) electrons. The van der Waals surface area contributed by atoms with Gasteiger partial charge in [0.1, 0.15) is 0 Å². The minimum Gasteiger partial charge on any atom is -0.336 e. The molecule has 4 heteroatoms. The Morgan fingerprint density at radius 1 is 1.37 bits per heavy atom. The molecular formula is C15H18N2OS. The van der Waals surface area contributed by atoms with Crippen molar-refractivity contribution in [3.63, 3.8) is 0 Å². The molecule has 3 rings (SSSR count). The zero-order valence-electron chi connectivity index (χ0n) is 11.3. The number of carbonyl (C=O) groups is 1. The number of fused-ring (bicyclic) bond motifs is 1. The number of hydrogen-bond donors (Lipinski definition) is 0. The molecule has 0 unspecified atom stereocenters. The van der Waals surface area contributed by atoms with Crippen LogP contribution in [0.3, 0.4) is 0 Å². The maximum Gasteiger partial charge on any atom is 0.223 e. The van der Waals surface area contributed by atoms with Crippen molar-refractivity contribution in [2.24, 2.45) is 4.99 Å². The van der Waals surface area contributed by atoms with Crippen molar-refractivity contribution >= 4 is 22.7 Å². The van der Waals surface area contributed by atoms with E-state index < -0.39 is 0 Å². The largest absolute Gasteiger partial charge is 0.336 e. The zero-order chi connectivity index (χ0) is 13.5. The molecule has 0 aliphatic carbocycles. The van der Waals surface area contributed by atoms with Gasteiger partial charge in [0, 0.05) is 17.9 Å². The first kappa shape index (κ1) is 12.7. The van der Waals surface area contributed by atoms with Gasteiger partial charge in [-0.2, -0.15) is 0 Å². The second-order valence-electron chi connectivity index (χ2n) is 5.58. The molecule has 2 heterocycles. The molecular weight excluding hydrogens is 256 g/mol. The van der Waals surface area contributed by atoms with Crippen LogP contribution in [0.25, 0.3) is 0 Å². The Balaban J connectivity index is 1.85. The van der Waals surface area contributed by atoms with Crippen LogP contribution in [0.15, 0.2) is 34.2 Å². The van der Waals surface area contributed by atoms with Gasteiger partial charge in [-0.1, -0.05) is 30.0 Å². The minimum absolute atomic E-state index is 0.194. The second kappa shape index (κ2) is 4.67. The molecule has 19 heavy (non-hydrogen) atoms. The van der Waals surface area contributed by atoms with Gasteiger partial charge in [-0.3, -0.25) is 9.79 Å². The third kappa shape index (κ3) is 2.41. The molecule has 1 aromatic carbocycles. The number of aliphatic imine (C=N–C) groups is 1. The fourth-order valence-electron chi connectivity index (χ4n) is 2.68. The topological polar surface area (TPSA) is 32.7 Å². The van der Waals surface area contributed by atoms with Gasteiger partial charge in [0.05, 0.1) is 17.1 Å². The van der Waals surface area contributed by atoms with Gasteiger partial charge in [-0.25, -0.2) is 0 Å². The van der Waals surface area contributed by atoms with E-state index in [9.17, 15) is 4.79 Å². The first-order chi connectivity index (χ1) is 9.06. The lowest BCUT2D eigenvalue weighted by atomic mass is 9.95. The Morgan fingerprint density at radius 3 is 2.89 bits per heavy atom. The molecule has 100 valence electrons. The molecule has 1 amide bonds. The molecule has 0 aromatic heterocycles. The summed E-state index contributed by atoms with van der Waals surface area (Å²) >= 11 is 1.70. The van der Waals surface area contributed by atoms with Gasteiger partial charge < -0.3 is 4.90 Å². The average Bonchev–Trinajstić information content (AvgIpc) is 2.74. The van der Waals surface area contributed by atoms with E-state index in [0.717, 1.165) is 18.0 Å². The van der Waals surface area contributed by atoms with Gasteiger partial charge >= 0.3 is 0 Å². The summed E-state index contributed by atoms with van der Waals surface area (Å²) in [6.07, 6.45) is 1.68. The van der Waals surface area contributed by atoms with Crippen molar-refractivity contribution in [1.82, 2.24) is 4.90 Å². The molecule has 0 spiro atoms. The molecule has 0 atom stereocenters. The monoisotopic (exact) mass is 274 g/mol. The molecule has 3 nitrogen and oxygen atoms in total. The molecule has 1 fully saturated rings. The lowest BCUT2D eigenvalue weighted by Crippen LogP contribution is -2.32. The molecule has 0 bridgehead atoms. The van der Waals surface area contributed by atoms with Crippen LogP contribution in [-0.4, -0.2) is 28.9 Å². The highest BCUT2D eigenvalue weighted by atomic mass is 32.2. The Hall–Kier alpha value is -1.29. The summed E-state index contributed by atoms with van der Waals surface area (Å²) in [6, 6.07) is 8.41. The number of carbonyl (C=O) groups excluding carboxylic acids is 1. The van der Waals surface area contributed by atoms with E-state index in [-0.39, 0.29) is 11.4 Å². The van der Waals surface area contributed by atoms with E-state index in [1.54, 1.807) is 11.8 Å². The average molecular weight is 274 g/mol. The van der Waals surface area contributed by atoms with E-state index >= 15 is 0 Å². The van der Waals surface area contributed by atoms with Gasteiger partial charge in [0.2, 0.25) is 5.91 Å². The number of thioether (sulfide) groups is 1. The van der Waals surface area contributed by atoms with Gasteiger partial charge in [0.25, 0.3) is 0 Å². The fourth-order valence-corrected chi connectivity index (χ4v) is 4.01. The van der Waals surface area contributed by atoms with E-state index in [4.69, 9.17) is 4.99 Å². The highest BCUT2D eigenvalue weighted by Crippen LogP contribution is 2.39. The quantitative estimate of drug-likeness (QED) is 0.830. The van der Waals surface area contributed by atoms with Crippen LogP contribution >= 0.6 is 11.8 Å². The highest BCUT2D eigenvalue weighted by Gasteiger charge is 2.30. The van der Waals surface area contributed by atoms with Crippen molar-refractivity contribution in [3.8, 4) is 0 Å². The molecule has 1 saturated heterocycles.